The Balaban J connectivity index is 1.88. The van der Waals surface area contributed by atoms with E-state index in [9.17, 15) is 4.79 Å². The van der Waals surface area contributed by atoms with Crippen molar-refractivity contribution in [2.24, 2.45) is 0 Å². The monoisotopic (exact) mass is 248 g/mol. The van der Waals surface area contributed by atoms with Gasteiger partial charge in [-0.3, -0.25) is 0 Å². The fraction of sp³-hybridized carbons (Fsp3) is 0.714. The highest BCUT2D eigenvalue weighted by atomic mass is 16.5. The van der Waals surface area contributed by atoms with Gasteiger partial charge in [0.15, 0.2) is 5.69 Å². The molecule has 18 heavy (non-hydrogen) atoms. The summed E-state index contributed by atoms with van der Waals surface area (Å²) in [5.41, 5.74) is 1.54. The van der Waals surface area contributed by atoms with Crippen LogP contribution in [0.25, 0.3) is 0 Å². The van der Waals surface area contributed by atoms with Gasteiger partial charge < -0.3 is 9.72 Å². The fourth-order valence-corrected chi connectivity index (χ4v) is 2.89. The second kappa shape index (κ2) is 4.75. The molecular formula is C14H20N2O2. The van der Waals surface area contributed by atoms with Crippen LogP contribution in [0.15, 0.2) is 0 Å². The van der Waals surface area contributed by atoms with Gasteiger partial charge in [0.25, 0.3) is 0 Å². The number of H-pyrrole nitrogens is 1. The summed E-state index contributed by atoms with van der Waals surface area (Å²) < 4.78 is 4.83. The Morgan fingerprint density at radius 3 is 2.50 bits per heavy atom. The zero-order valence-corrected chi connectivity index (χ0v) is 10.9. The van der Waals surface area contributed by atoms with Gasteiger partial charge in [-0.15, -0.1) is 0 Å². The average molecular weight is 248 g/mol. The number of hydrogen-bond acceptors (Lipinski definition) is 3. The standard InChI is InChI=1S/C14H20N2O2/c1-18-14(17)12-11(9-7-8-9)15-13(16-12)10-5-3-2-4-6-10/h9-10H,2-8H2,1H3,(H,15,16). The van der Waals surface area contributed by atoms with E-state index in [4.69, 9.17) is 4.74 Å². The number of carbonyl (C=O) groups is 1. The third-order valence-electron chi connectivity index (χ3n) is 4.11. The summed E-state index contributed by atoms with van der Waals surface area (Å²) in [6.07, 6.45) is 8.59. The maximum absolute atomic E-state index is 11.8. The van der Waals surface area contributed by atoms with Crippen molar-refractivity contribution in [3.8, 4) is 0 Å². The quantitative estimate of drug-likeness (QED) is 0.836. The predicted molar refractivity (Wildman–Crippen MR) is 67.7 cm³/mol. The van der Waals surface area contributed by atoms with Crippen LogP contribution < -0.4 is 0 Å². The Morgan fingerprint density at radius 1 is 1.17 bits per heavy atom. The van der Waals surface area contributed by atoms with Gasteiger partial charge in [-0.25, -0.2) is 9.78 Å². The highest BCUT2D eigenvalue weighted by Gasteiger charge is 2.33. The molecule has 2 aliphatic carbocycles. The van der Waals surface area contributed by atoms with Gasteiger partial charge in [0.05, 0.1) is 12.8 Å². The van der Waals surface area contributed by atoms with Crippen molar-refractivity contribution in [3.63, 3.8) is 0 Å². The molecule has 0 aromatic carbocycles. The molecule has 2 aliphatic rings. The summed E-state index contributed by atoms with van der Waals surface area (Å²) >= 11 is 0. The van der Waals surface area contributed by atoms with Gasteiger partial charge in [-0.2, -0.15) is 0 Å². The first-order valence-electron chi connectivity index (χ1n) is 6.97. The number of aromatic amines is 1. The molecule has 2 saturated carbocycles. The normalized spacial score (nSPS) is 20.9. The highest BCUT2D eigenvalue weighted by Crippen LogP contribution is 2.42. The van der Waals surface area contributed by atoms with E-state index in [1.807, 2.05) is 0 Å². The third kappa shape index (κ3) is 2.16. The molecular weight excluding hydrogens is 228 g/mol. The lowest BCUT2D eigenvalue weighted by Crippen LogP contribution is -2.07. The second-order valence-corrected chi connectivity index (χ2v) is 5.49. The van der Waals surface area contributed by atoms with Crippen LogP contribution in [0.2, 0.25) is 0 Å². The first-order valence-corrected chi connectivity index (χ1v) is 6.97. The fourth-order valence-electron chi connectivity index (χ4n) is 2.89. The van der Waals surface area contributed by atoms with E-state index in [0.29, 0.717) is 17.5 Å². The molecule has 0 aliphatic heterocycles. The number of aromatic nitrogens is 2. The highest BCUT2D eigenvalue weighted by molar-refractivity contribution is 5.88. The molecule has 98 valence electrons. The van der Waals surface area contributed by atoms with Crippen molar-refractivity contribution in [3.05, 3.63) is 17.2 Å². The summed E-state index contributed by atoms with van der Waals surface area (Å²) in [6, 6.07) is 0. The zero-order valence-electron chi connectivity index (χ0n) is 10.9. The Bertz CT molecular complexity index is 443. The number of imidazole rings is 1. The number of nitrogens with zero attached hydrogens (tertiary/aromatic N) is 1. The summed E-state index contributed by atoms with van der Waals surface area (Å²) in [5.74, 6) is 1.73. The largest absolute Gasteiger partial charge is 0.464 e. The van der Waals surface area contributed by atoms with Crippen LogP contribution in [-0.4, -0.2) is 23.0 Å². The van der Waals surface area contributed by atoms with E-state index in [1.165, 1.54) is 39.2 Å². The van der Waals surface area contributed by atoms with Gasteiger partial charge in [-0.1, -0.05) is 19.3 Å². The van der Waals surface area contributed by atoms with Gasteiger partial charge in [0.1, 0.15) is 5.82 Å². The molecule has 1 heterocycles. The third-order valence-corrected chi connectivity index (χ3v) is 4.11. The predicted octanol–water partition coefficient (Wildman–Crippen LogP) is 3.12. The Kier molecular flexibility index (Phi) is 3.10. The van der Waals surface area contributed by atoms with Gasteiger partial charge in [0, 0.05) is 11.8 Å². The van der Waals surface area contributed by atoms with E-state index < -0.39 is 0 Å². The van der Waals surface area contributed by atoms with Crippen molar-refractivity contribution >= 4 is 5.97 Å². The van der Waals surface area contributed by atoms with E-state index in [1.54, 1.807) is 0 Å². The molecule has 0 saturated heterocycles. The Labute approximate surface area is 107 Å². The number of ether oxygens (including phenoxy) is 1. The van der Waals surface area contributed by atoms with Crippen molar-refractivity contribution in [1.29, 1.82) is 0 Å². The van der Waals surface area contributed by atoms with Crippen molar-refractivity contribution in [1.82, 2.24) is 9.97 Å². The van der Waals surface area contributed by atoms with Crippen molar-refractivity contribution < 1.29 is 9.53 Å². The number of carbonyl (C=O) groups excluding carboxylic acids is 1. The molecule has 0 amide bonds. The van der Waals surface area contributed by atoms with Gasteiger partial charge in [-0.05, 0) is 25.7 Å². The molecule has 0 atom stereocenters. The maximum Gasteiger partial charge on any atom is 0.358 e. The molecule has 0 spiro atoms. The van der Waals surface area contributed by atoms with Gasteiger partial charge in [0.2, 0.25) is 0 Å². The van der Waals surface area contributed by atoms with E-state index in [0.717, 1.165) is 24.4 Å². The molecule has 4 nitrogen and oxygen atoms in total. The lowest BCUT2D eigenvalue weighted by molar-refractivity contribution is 0.0593. The van der Waals surface area contributed by atoms with Crippen LogP contribution in [-0.2, 0) is 4.74 Å². The summed E-state index contributed by atoms with van der Waals surface area (Å²) in [4.78, 5) is 19.7. The van der Waals surface area contributed by atoms with E-state index in [-0.39, 0.29) is 5.97 Å². The SMILES string of the molecule is COC(=O)c1nc(C2CCCCC2)[nH]c1C1CC1. The molecule has 0 unspecified atom stereocenters. The van der Waals surface area contributed by atoms with Crippen LogP contribution in [0.3, 0.4) is 0 Å². The smallest absolute Gasteiger partial charge is 0.358 e. The number of hydrogen-bond donors (Lipinski definition) is 1. The Hall–Kier alpha value is -1.32. The average Bonchev–Trinajstić information content (AvgIpc) is 3.18. The second-order valence-electron chi connectivity index (χ2n) is 5.49. The van der Waals surface area contributed by atoms with Crippen LogP contribution in [0.4, 0.5) is 0 Å². The molecule has 1 N–H and O–H groups in total. The minimum Gasteiger partial charge on any atom is -0.464 e. The minimum atomic E-state index is -0.296. The number of nitrogens with one attached hydrogen (secondary N) is 1. The number of methoxy groups -OCH3 is 1. The van der Waals surface area contributed by atoms with Crippen molar-refractivity contribution in [2.45, 2.75) is 56.8 Å². The summed E-state index contributed by atoms with van der Waals surface area (Å²) in [7, 11) is 1.42. The number of esters is 1. The van der Waals surface area contributed by atoms with E-state index in [2.05, 4.69) is 9.97 Å². The van der Waals surface area contributed by atoms with Gasteiger partial charge >= 0.3 is 5.97 Å². The molecule has 0 bridgehead atoms. The van der Waals surface area contributed by atoms with Crippen molar-refractivity contribution in [2.75, 3.05) is 7.11 Å². The van der Waals surface area contributed by atoms with Crippen LogP contribution >= 0.6 is 0 Å². The molecule has 4 heteroatoms. The van der Waals surface area contributed by atoms with Crippen LogP contribution in [0.5, 0.6) is 0 Å². The van der Waals surface area contributed by atoms with Crippen LogP contribution in [0.1, 0.15) is 78.8 Å². The summed E-state index contributed by atoms with van der Waals surface area (Å²) in [6.45, 7) is 0. The van der Waals surface area contributed by atoms with E-state index >= 15 is 0 Å². The molecule has 2 fully saturated rings. The zero-order chi connectivity index (χ0) is 12.5. The first-order chi connectivity index (χ1) is 8.79. The van der Waals surface area contributed by atoms with Crippen LogP contribution in [0, 0.1) is 0 Å². The molecule has 1 aromatic rings. The first kappa shape index (κ1) is 11.8. The topological polar surface area (TPSA) is 55.0 Å². The molecule has 1 aromatic heterocycles. The lowest BCUT2D eigenvalue weighted by Gasteiger charge is -2.19. The summed E-state index contributed by atoms with van der Waals surface area (Å²) in [5, 5.41) is 0. The minimum absolute atomic E-state index is 0.296. The molecule has 3 rings (SSSR count). The molecule has 0 radical (unpaired) electrons. The maximum atomic E-state index is 11.8. The lowest BCUT2D eigenvalue weighted by atomic mass is 9.89. The Morgan fingerprint density at radius 2 is 1.89 bits per heavy atom. The number of rotatable bonds is 3.